The smallest absolute Gasteiger partial charge is 0.241 e. The van der Waals surface area contributed by atoms with Crippen molar-refractivity contribution in [3.8, 4) is 0 Å². The van der Waals surface area contributed by atoms with Gasteiger partial charge in [-0.1, -0.05) is 6.92 Å². The summed E-state index contributed by atoms with van der Waals surface area (Å²) in [5, 5.41) is -0.476. The van der Waals surface area contributed by atoms with Gasteiger partial charge in [0.2, 0.25) is 5.03 Å². The van der Waals surface area contributed by atoms with Crippen molar-refractivity contribution in [3.05, 3.63) is 24.1 Å². The van der Waals surface area contributed by atoms with E-state index in [-0.39, 0.29) is 6.04 Å². The van der Waals surface area contributed by atoms with Gasteiger partial charge in [0.05, 0.1) is 0 Å². The van der Waals surface area contributed by atoms with Gasteiger partial charge in [0.15, 0.2) is 5.82 Å². The van der Waals surface area contributed by atoms with Crippen LogP contribution in [0.3, 0.4) is 0 Å². The van der Waals surface area contributed by atoms with Crippen LogP contribution in [0.15, 0.2) is 23.4 Å². The van der Waals surface area contributed by atoms with Crippen LogP contribution in [0.2, 0.25) is 0 Å². The summed E-state index contributed by atoms with van der Waals surface area (Å²) in [6.45, 7) is 2.17. The molecule has 1 aromatic heterocycles. The van der Waals surface area contributed by atoms with Crippen LogP contribution in [0, 0.1) is 11.7 Å². The van der Waals surface area contributed by atoms with Gasteiger partial charge in [0.25, 0.3) is 10.0 Å². The largest absolute Gasteiger partial charge is 0.263 e. The first-order chi connectivity index (χ1) is 8.93. The Morgan fingerprint density at radius 2 is 1.95 bits per heavy atom. The molecule has 0 bridgehead atoms. The molecule has 0 spiro atoms. The normalized spacial score (nSPS) is 24.6. The number of aromatic nitrogens is 1. The van der Waals surface area contributed by atoms with E-state index in [9.17, 15) is 12.8 Å². The van der Waals surface area contributed by atoms with Crippen LogP contribution in [-0.2, 0) is 10.0 Å². The average Bonchev–Trinajstić information content (AvgIpc) is 2.39. The van der Waals surface area contributed by atoms with E-state index in [1.807, 2.05) is 0 Å². The molecule has 0 N–H and O–H groups in total. The predicted octanol–water partition coefficient (Wildman–Crippen LogP) is 2.42. The van der Waals surface area contributed by atoms with E-state index in [2.05, 4.69) is 11.9 Å². The fourth-order valence-electron chi connectivity index (χ4n) is 2.50. The first kappa shape index (κ1) is 14.4. The lowest BCUT2D eigenvalue weighted by Gasteiger charge is -2.32. The molecule has 19 heavy (non-hydrogen) atoms. The van der Waals surface area contributed by atoms with E-state index in [0.29, 0.717) is 5.92 Å². The minimum Gasteiger partial charge on any atom is -0.241 e. The van der Waals surface area contributed by atoms with Crippen LogP contribution in [0.4, 0.5) is 4.39 Å². The van der Waals surface area contributed by atoms with Crippen molar-refractivity contribution in [2.45, 2.75) is 43.7 Å². The summed E-state index contributed by atoms with van der Waals surface area (Å²) in [4.78, 5) is 3.68. The number of hydrogen-bond donors (Lipinski definition) is 0. The van der Waals surface area contributed by atoms with Gasteiger partial charge in [-0.25, -0.2) is 17.8 Å². The molecule has 2 rings (SSSR count). The summed E-state index contributed by atoms with van der Waals surface area (Å²) >= 11 is 0. The summed E-state index contributed by atoms with van der Waals surface area (Å²) in [5.74, 6) is -0.155. The number of sulfonamides is 1. The lowest BCUT2D eigenvalue weighted by molar-refractivity contribution is 0.245. The molecule has 0 atom stereocenters. The molecule has 0 unspecified atom stereocenters. The maximum Gasteiger partial charge on any atom is 0.263 e. The molecule has 1 heterocycles. The number of pyridine rings is 1. The van der Waals surface area contributed by atoms with E-state index in [1.165, 1.54) is 23.6 Å². The molecule has 0 amide bonds. The average molecular weight is 286 g/mol. The molecule has 106 valence electrons. The maximum absolute atomic E-state index is 13.6. The predicted molar refractivity (Wildman–Crippen MR) is 70.6 cm³/mol. The molecule has 0 saturated heterocycles. The third-order valence-corrected chi connectivity index (χ3v) is 5.69. The minimum atomic E-state index is -3.84. The lowest BCUT2D eigenvalue weighted by atomic mass is 9.87. The van der Waals surface area contributed by atoms with Crippen LogP contribution in [0.1, 0.15) is 32.6 Å². The van der Waals surface area contributed by atoms with Crippen molar-refractivity contribution in [2.75, 3.05) is 7.05 Å². The maximum atomic E-state index is 13.6. The summed E-state index contributed by atoms with van der Waals surface area (Å²) in [7, 11) is -2.32. The second kappa shape index (κ2) is 5.54. The molecule has 0 aliphatic heterocycles. The molecule has 0 radical (unpaired) electrons. The molecule has 1 aromatic rings. The minimum absolute atomic E-state index is 0.0531. The Labute approximate surface area is 113 Å². The Morgan fingerprint density at radius 3 is 2.53 bits per heavy atom. The van der Waals surface area contributed by atoms with Gasteiger partial charge in [-0.3, -0.25) is 0 Å². The van der Waals surface area contributed by atoms with E-state index >= 15 is 0 Å². The highest BCUT2D eigenvalue weighted by Crippen LogP contribution is 2.29. The second-order valence-electron chi connectivity index (χ2n) is 5.23. The zero-order chi connectivity index (χ0) is 14.0. The molecule has 1 aliphatic rings. The SMILES string of the molecule is CC1CCC(N(C)S(=O)(=O)c2ncccc2F)CC1. The summed E-state index contributed by atoms with van der Waals surface area (Å²) in [5.41, 5.74) is 0. The van der Waals surface area contributed by atoms with E-state index in [1.54, 1.807) is 0 Å². The standard InChI is InChI=1S/C13H19FN2O2S/c1-10-5-7-11(8-6-10)16(2)19(17,18)13-12(14)4-3-9-15-13/h3-4,9-11H,5-8H2,1-2H3. The Bertz CT molecular complexity index is 539. The van der Waals surface area contributed by atoms with Crippen LogP contribution in [-0.4, -0.2) is 30.8 Å². The van der Waals surface area contributed by atoms with Gasteiger partial charge in [-0.05, 0) is 43.7 Å². The van der Waals surface area contributed by atoms with Crippen molar-refractivity contribution in [1.29, 1.82) is 0 Å². The number of hydrogen-bond acceptors (Lipinski definition) is 3. The summed E-state index contributed by atoms with van der Waals surface area (Å²) in [6, 6.07) is 2.45. The number of halogens is 1. The topological polar surface area (TPSA) is 50.3 Å². The number of rotatable bonds is 3. The van der Waals surface area contributed by atoms with Gasteiger partial charge >= 0.3 is 0 Å². The van der Waals surface area contributed by atoms with Crippen LogP contribution < -0.4 is 0 Å². The van der Waals surface area contributed by atoms with E-state index < -0.39 is 20.9 Å². The molecular formula is C13H19FN2O2S. The Balaban J connectivity index is 2.23. The lowest BCUT2D eigenvalue weighted by Crippen LogP contribution is -2.39. The fourth-order valence-corrected chi connectivity index (χ4v) is 3.88. The molecule has 1 fully saturated rings. The Kier molecular flexibility index (Phi) is 4.20. The zero-order valence-electron chi connectivity index (χ0n) is 11.2. The van der Waals surface area contributed by atoms with Crippen molar-refractivity contribution >= 4 is 10.0 Å². The molecular weight excluding hydrogens is 267 g/mol. The van der Waals surface area contributed by atoms with Crippen LogP contribution in [0.25, 0.3) is 0 Å². The Hall–Kier alpha value is -1.01. The molecule has 6 heteroatoms. The molecule has 4 nitrogen and oxygen atoms in total. The molecule has 0 aromatic carbocycles. The van der Waals surface area contributed by atoms with Crippen LogP contribution in [0.5, 0.6) is 0 Å². The van der Waals surface area contributed by atoms with Gasteiger partial charge in [-0.2, -0.15) is 4.31 Å². The van der Waals surface area contributed by atoms with Gasteiger partial charge in [0.1, 0.15) is 0 Å². The second-order valence-corrected chi connectivity index (χ2v) is 7.14. The van der Waals surface area contributed by atoms with Crippen molar-refractivity contribution < 1.29 is 12.8 Å². The van der Waals surface area contributed by atoms with Gasteiger partial charge in [-0.15, -0.1) is 0 Å². The first-order valence-electron chi connectivity index (χ1n) is 6.51. The van der Waals surface area contributed by atoms with Crippen molar-refractivity contribution in [3.63, 3.8) is 0 Å². The highest BCUT2D eigenvalue weighted by molar-refractivity contribution is 7.89. The zero-order valence-corrected chi connectivity index (χ0v) is 12.0. The highest BCUT2D eigenvalue weighted by atomic mass is 32.2. The highest BCUT2D eigenvalue weighted by Gasteiger charge is 2.33. The fraction of sp³-hybridized carbons (Fsp3) is 0.615. The summed E-state index contributed by atoms with van der Waals surface area (Å²) in [6.07, 6.45) is 4.97. The van der Waals surface area contributed by atoms with Gasteiger partial charge in [0, 0.05) is 19.3 Å². The van der Waals surface area contributed by atoms with Crippen molar-refractivity contribution in [1.82, 2.24) is 9.29 Å². The number of nitrogens with zero attached hydrogens (tertiary/aromatic N) is 2. The Morgan fingerprint density at radius 1 is 1.32 bits per heavy atom. The molecule has 1 saturated carbocycles. The van der Waals surface area contributed by atoms with Crippen LogP contribution >= 0.6 is 0 Å². The van der Waals surface area contributed by atoms with E-state index in [0.717, 1.165) is 31.7 Å². The first-order valence-corrected chi connectivity index (χ1v) is 7.95. The van der Waals surface area contributed by atoms with Crippen molar-refractivity contribution in [2.24, 2.45) is 5.92 Å². The van der Waals surface area contributed by atoms with E-state index in [4.69, 9.17) is 0 Å². The monoisotopic (exact) mass is 286 g/mol. The third kappa shape index (κ3) is 2.95. The summed E-state index contributed by atoms with van der Waals surface area (Å²) < 4.78 is 39.6. The third-order valence-electron chi connectivity index (χ3n) is 3.85. The van der Waals surface area contributed by atoms with Gasteiger partial charge < -0.3 is 0 Å². The molecule has 1 aliphatic carbocycles. The quantitative estimate of drug-likeness (QED) is 0.857.